The van der Waals surface area contributed by atoms with Crippen LogP contribution in [0, 0.1) is 0 Å². The quantitative estimate of drug-likeness (QED) is 0.367. The molecule has 0 aliphatic rings. The number of amides is 3. The fourth-order valence-electron chi connectivity index (χ4n) is 3.45. The molecule has 0 aliphatic heterocycles. The van der Waals surface area contributed by atoms with Crippen molar-refractivity contribution in [3.8, 4) is 11.1 Å². The Kier molecular flexibility index (Phi) is 5.94. The first-order valence-electron chi connectivity index (χ1n) is 10.1. The summed E-state index contributed by atoms with van der Waals surface area (Å²) in [7, 11) is 0. The zero-order valence-corrected chi connectivity index (χ0v) is 17.4. The van der Waals surface area contributed by atoms with Gasteiger partial charge in [-0.2, -0.15) is 0 Å². The van der Waals surface area contributed by atoms with Crippen LogP contribution in [0.2, 0.25) is 0 Å². The molecule has 0 radical (unpaired) electrons. The van der Waals surface area contributed by atoms with E-state index < -0.39 is 5.91 Å². The highest BCUT2D eigenvalue weighted by Gasteiger charge is 2.14. The van der Waals surface area contributed by atoms with Crippen molar-refractivity contribution in [3.63, 3.8) is 0 Å². The molecule has 0 unspecified atom stereocenters. The Balaban J connectivity index is 1.86. The van der Waals surface area contributed by atoms with Gasteiger partial charge in [-0.05, 0) is 59.8 Å². The number of rotatable bonds is 6. The molecule has 0 fully saturated rings. The molecule has 0 aliphatic carbocycles. The van der Waals surface area contributed by atoms with Crippen molar-refractivity contribution in [3.05, 3.63) is 78.8 Å². The molecule has 4 rings (SSSR count). The average molecular weight is 426 g/mol. The van der Waals surface area contributed by atoms with Crippen molar-refractivity contribution in [1.82, 2.24) is 15.3 Å². The minimum Gasteiger partial charge on any atom is -0.366 e. The van der Waals surface area contributed by atoms with E-state index in [9.17, 15) is 9.59 Å². The van der Waals surface area contributed by atoms with Crippen LogP contribution in [0.15, 0.2) is 73.2 Å². The van der Waals surface area contributed by atoms with Crippen LogP contribution < -0.4 is 21.7 Å². The standard InChI is InChI=1S/C24H22N6O2/c1-2-27-24(32)30-22-12-16-10-15(18-7-3-4-8-19(18)23(25)31)11-21(20(16)14-28-22)29-17-6-5-9-26-13-17/h3-14,29H,2H2,1H3,(H2,25,31)(H2,27,28,30,32). The molecule has 2 aromatic carbocycles. The number of urea groups is 1. The number of anilines is 3. The van der Waals surface area contributed by atoms with E-state index in [1.807, 2.05) is 43.3 Å². The molecule has 0 saturated heterocycles. The van der Waals surface area contributed by atoms with Gasteiger partial charge in [0.1, 0.15) is 5.82 Å². The topological polar surface area (TPSA) is 122 Å². The lowest BCUT2D eigenvalue weighted by molar-refractivity contribution is 0.100. The molecule has 5 N–H and O–H groups in total. The summed E-state index contributed by atoms with van der Waals surface area (Å²) in [5.74, 6) is -0.0908. The predicted molar refractivity (Wildman–Crippen MR) is 126 cm³/mol. The van der Waals surface area contributed by atoms with Crippen LogP contribution in [0.25, 0.3) is 21.9 Å². The van der Waals surface area contributed by atoms with E-state index >= 15 is 0 Å². The molecule has 0 bridgehead atoms. The van der Waals surface area contributed by atoms with Gasteiger partial charge in [-0.15, -0.1) is 0 Å². The van der Waals surface area contributed by atoms with Gasteiger partial charge in [0, 0.05) is 35.6 Å². The maximum Gasteiger partial charge on any atom is 0.320 e. The largest absolute Gasteiger partial charge is 0.366 e. The molecular formula is C24H22N6O2. The summed E-state index contributed by atoms with van der Waals surface area (Å²) in [5.41, 5.74) is 9.13. The van der Waals surface area contributed by atoms with Crippen molar-refractivity contribution in [2.75, 3.05) is 17.2 Å². The van der Waals surface area contributed by atoms with Crippen LogP contribution in [-0.4, -0.2) is 28.5 Å². The molecule has 32 heavy (non-hydrogen) atoms. The minimum absolute atomic E-state index is 0.330. The van der Waals surface area contributed by atoms with Gasteiger partial charge in [0.2, 0.25) is 5.91 Å². The van der Waals surface area contributed by atoms with E-state index in [0.717, 1.165) is 27.7 Å². The van der Waals surface area contributed by atoms with Crippen LogP contribution >= 0.6 is 0 Å². The molecule has 2 aromatic heterocycles. The summed E-state index contributed by atoms with van der Waals surface area (Å²) in [6.07, 6.45) is 5.11. The Labute approximate surface area is 184 Å². The number of fused-ring (bicyclic) bond motifs is 1. The van der Waals surface area contributed by atoms with Gasteiger partial charge in [0.05, 0.1) is 11.9 Å². The zero-order valence-electron chi connectivity index (χ0n) is 17.4. The van der Waals surface area contributed by atoms with E-state index in [0.29, 0.717) is 23.5 Å². The van der Waals surface area contributed by atoms with Gasteiger partial charge in [-0.1, -0.05) is 18.2 Å². The highest BCUT2D eigenvalue weighted by Crippen LogP contribution is 2.34. The monoisotopic (exact) mass is 426 g/mol. The number of nitrogens with one attached hydrogen (secondary N) is 3. The summed E-state index contributed by atoms with van der Waals surface area (Å²) in [5, 5.41) is 10.4. The lowest BCUT2D eigenvalue weighted by Crippen LogP contribution is -2.28. The van der Waals surface area contributed by atoms with Crippen molar-refractivity contribution in [2.45, 2.75) is 6.92 Å². The van der Waals surface area contributed by atoms with E-state index in [1.165, 1.54) is 0 Å². The summed E-state index contributed by atoms with van der Waals surface area (Å²) in [4.78, 5) is 32.5. The fraction of sp³-hybridized carbons (Fsp3) is 0.0833. The molecule has 3 amide bonds. The smallest absolute Gasteiger partial charge is 0.320 e. The molecule has 2 heterocycles. The lowest BCUT2D eigenvalue weighted by atomic mass is 9.96. The van der Waals surface area contributed by atoms with Gasteiger partial charge in [0.25, 0.3) is 0 Å². The van der Waals surface area contributed by atoms with Crippen LogP contribution in [0.1, 0.15) is 17.3 Å². The number of nitrogens with two attached hydrogens (primary N) is 1. The van der Waals surface area contributed by atoms with Crippen molar-refractivity contribution >= 4 is 39.9 Å². The average Bonchev–Trinajstić information content (AvgIpc) is 2.79. The van der Waals surface area contributed by atoms with Crippen LogP contribution in [0.5, 0.6) is 0 Å². The van der Waals surface area contributed by atoms with Gasteiger partial charge in [-0.25, -0.2) is 9.78 Å². The first-order valence-corrected chi connectivity index (χ1v) is 10.1. The first-order chi connectivity index (χ1) is 15.5. The number of nitrogens with zero attached hydrogens (tertiary/aromatic N) is 2. The maximum absolute atomic E-state index is 12.0. The Bertz CT molecular complexity index is 1290. The van der Waals surface area contributed by atoms with E-state index in [4.69, 9.17) is 5.73 Å². The third-order valence-electron chi connectivity index (χ3n) is 4.86. The van der Waals surface area contributed by atoms with Gasteiger partial charge < -0.3 is 16.4 Å². The summed E-state index contributed by atoms with van der Waals surface area (Å²) in [6, 6.07) is 16.3. The Morgan fingerprint density at radius 1 is 1.03 bits per heavy atom. The molecule has 8 nitrogen and oxygen atoms in total. The third kappa shape index (κ3) is 4.49. The van der Waals surface area contributed by atoms with Gasteiger partial charge in [-0.3, -0.25) is 15.1 Å². The molecule has 4 aromatic rings. The van der Waals surface area contributed by atoms with E-state index in [-0.39, 0.29) is 6.03 Å². The second kappa shape index (κ2) is 9.13. The number of primary amides is 1. The van der Waals surface area contributed by atoms with E-state index in [1.54, 1.807) is 36.8 Å². The SMILES string of the molecule is CCNC(=O)Nc1cc2cc(-c3ccccc3C(N)=O)cc(Nc3cccnc3)c2cn1. The highest BCUT2D eigenvalue weighted by molar-refractivity contribution is 6.04. The Morgan fingerprint density at radius 3 is 2.62 bits per heavy atom. The van der Waals surface area contributed by atoms with Crippen LogP contribution in [-0.2, 0) is 0 Å². The predicted octanol–water partition coefficient (Wildman–Crippen LogP) is 4.28. The maximum atomic E-state index is 12.0. The zero-order chi connectivity index (χ0) is 22.5. The summed E-state index contributed by atoms with van der Waals surface area (Å²) >= 11 is 0. The molecular weight excluding hydrogens is 404 g/mol. The fourth-order valence-corrected chi connectivity index (χ4v) is 3.45. The Morgan fingerprint density at radius 2 is 1.88 bits per heavy atom. The van der Waals surface area contributed by atoms with Crippen LogP contribution in [0.3, 0.4) is 0 Å². The number of carbonyl (C=O) groups excluding carboxylic acids is 2. The lowest BCUT2D eigenvalue weighted by Gasteiger charge is -2.15. The van der Waals surface area contributed by atoms with Crippen LogP contribution in [0.4, 0.5) is 22.0 Å². The second-order valence-electron chi connectivity index (χ2n) is 7.08. The summed E-state index contributed by atoms with van der Waals surface area (Å²) < 4.78 is 0. The second-order valence-corrected chi connectivity index (χ2v) is 7.08. The summed E-state index contributed by atoms with van der Waals surface area (Å²) in [6.45, 7) is 2.35. The third-order valence-corrected chi connectivity index (χ3v) is 4.86. The molecule has 0 atom stereocenters. The normalized spacial score (nSPS) is 10.5. The number of aromatic nitrogens is 2. The first kappa shape index (κ1) is 20.8. The minimum atomic E-state index is -0.504. The van der Waals surface area contributed by atoms with Crippen molar-refractivity contribution in [2.24, 2.45) is 5.73 Å². The van der Waals surface area contributed by atoms with Gasteiger partial charge in [0.15, 0.2) is 0 Å². The Hall–Kier alpha value is -4.46. The van der Waals surface area contributed by atoms with Crippen molar-refractivity contribution < 1.29 is 9.59 Å². The van der Waals surface area contributed by atoms with Crippen molar-refractivity contribution in [1.29, 1.82) is 0 Å². The van der Waals surface area contributed by atoms with Gasteiger partial charge >= 0.3 is 6.03 Å². The highest BCUT2D eigenvalue weighted by atomic mass is 16.2. The number of hydrogen-bond donors (Lipinski definition) is 4. The number of carbonyl (C=O) groups is 2. The number of pyridine rings is 2. The van der Waals surface area contributed by atoms with E-state index in [2.05, 4.69) is 25.9 Å². The number of benzene rings is 2. The molecule has 8 heteroatoms. The molecule has 160 valence electrons. The molecule has 0 spiro atoms. The number of hydrogen-bond acceptors (Lipinski definition) is 5. The molecule has 0 saturated carbocycles.